The molecule has 0 spiro atoms. The maximum atomic E-state index is 11.9. The third-order valence-corrected chi connectivity index (χ3v) is 3.27. The Hall–Kier alpha value is -1.62. The predicted octanol–water partition coefficient (Wildman–Crippen LogP) is 3.24. The third kappa shape index (κ3) is 6.89. The molecule has 5 heteroatoms. The summed E-state index contributed by atoms with van der Waals surface area (Å²) in [5.41, 5.74) is 0.755. The van der Waals surface area contributed by atoms with Gasteiger partial charge in [0, 0.05) is 32.0 Å². The maximum Gasteiger partial charge on any atom is 0.410 e. The van der Waals surface area contributed by atoms with Crippen LogP contribution in [0.1, 0.15) is 46.2 Å². The highest BCUT2D eigenvalue weighted by molar-refractivity contribution is 5.67. The van der Waals surface area contributed by atoms with E-state index in [-0.39, 0.29) is 12.1 Å². The molecule has 0 aliphatic heterocycles. The van der Waals surface area contributed by atoms with Crippen molar-refractivity contribution in [3.8, 4) is 0 Å². The molecule has 0 saturated carbocycles. The number of carbonyl (C=O) groups excluding carboxylic acids is 1. The van der Waals surface area contributed by atoms with E-state index in [4.69, 9.17) is 4.74 Å². The summed E-state index contributed by atoms with van der Waals surface area (Å²) in [6.45, 7) is 11.4. The molecule has 2 unspecified atom stereocenters. The van der Waals surface area contributed by atoms with Gasteiger partial charge in [-0.2, -0.15) is 0 Å². The minimum atomic E-state index is -0.456. The van der Waals surface area contributed by atoms with Gasteiger partial charge in [0.1, 0.15) is 5.60 Å². The highest BCUT2D eigenvalue weighted by Gasteiger charge is 2.20. The van der Waals surface area contributed by atoms with E-state index >= 15 is 0 Å². The molecule has 124 valence electrons. The predicted molar refractivity (Wildman–Crippen MR) is 88.7 cm³/mol. The quantitative estimate of drug-likeness (QED) is 0.876. The van der Waals surface area contributed by atoms with Crippen LogP contribution in [0.5, 0.6) is 0 Å². The highest BCUT2D eigenvalue weighted by Crippen LogP contribution is 2.12. The number of amides is 1. The van der Waals surface area contributed by atoms with E-state index in [9.17, 15) is 4.79 Å². The van der Waals surface area contributed by atoms with Crippen LogP contribution in [0.25, 0.3) is 0 Å². The van der Waals surface area contributed by atoms with Crippen LogP contribution in [-0.2, 0) is 4.74 Å². The minimum absolute atomic E-state index is 0.261. The van der Waals surface area contributed by atoms with Gasteiger partial charge < -0.3 is 15.0 Å². The summed E-state index contributed by atoms with van der Waals surface area (Å²) in [6, 6.07) is 4.28. The molecule has 5 nitrogen and oxygen atoms in total. The second-order valence-electron chi connectivity index (χ2n) is 6.88. The largest absolute Gasteiger partial charge is 0.444 e. The van der Waals surface area contributed by atoms with Gasteiger partial charge in [-0.1, -0.05) is 6.92 Å². The summed E-state index contributed by atoms with van der Waals surface area (Å²) in [7, 11) is 1.77. The van der Waals surface area contributed by atoms with E-state index in [2.05, 4.69) is 24.1 Å². The molecule has 2 atom stereocenters. The Morgan fingerprint density at radius 3 is 2.45 bits per heavy atom. The van der Waals surface area contributed by atoms with E-state index in [1.54, 1.807) is 24.3 Å². The Morgan fingerprint density at radius 2 is 1.91 bits per heavy atom. The van der Waals surface area contributed by atoms with Crippen molar-refractivity contribution in [2.24, 2.45) is 5.92 Å². The summed E-state index contributed by atoms with van der Waals surface area (Å²) in [4.78, 5) is 17.6. The molecule has 0 saturated heterocycles. The molecule has 1 N–H and O–H groups in total. The van der Waals surface area contributed by atoms with E-state index in [0.717, 1.165) is 6.54 Å². The average molecular weight is 307 g/mol. The van der Waals surface area contributed by atoms with Crippen LogP contribution in [-0.4, -0.2) is 41.7 Å². The van der Waals surface area contributed by atoms with E-state index in [1.807, 2.05) is 32.9 Å². The van der Waals surface area contributed by atoms with Gasteiger partial charge in [0.15, 0.2) is 0 Å². The molecular formula is C17H29N3O2. The zero-order valence-electron chi connectivity index (χ0n) is 14.6. The van der Waals surface area contributed by atoms with Crippen LogP contribution in [0.4, 0.5) is 4.79 Å². The molecule has 1 rings (SSSR count). The lowest BCUT2D eigenvalue weighted by atomic mass is 10.1. The van der Waals surface area contributed by atoms with Gasteiger partial charge in [-0.05, 0) is 57.9 Å². The van der Waals surface area contributed by atoms with Gasteiger partial charge in [-0.15, -0.1) is 0 Å². The van der Waals surface area contributed by atoms with Gasteiger partial charge in [-0.25, -0.2) is 4.79 Å². The number of aromatic nitrogens is 1. The molecule has 0 radical (unpaired) electrons. The molecule has 22 heavy (non-hydrogen) atoms. The number of nitrogens with one attached hydrogen (secondary N) is 1. The maximum absolute atomic E-state index is 11.9. The molecule has 0 aliphatic carbocycles. The summed E-state index contributed by atoms with van der Waals surface area (Å²) in [5.74, 6) is 0.335. The molecule has 1 heterocycles. The van der Waals surface area contributed by atoms with Crippen molar-refractivity contribution < 1.29 is 9.53 Å². The number of hydrogen-bond acceptors (Lipinski definition) is 4. The molecule has 0 fully saturated rings. The Morgan fingerprint density at radius 1 is 1.32 bits per heavy atom. The average Bonchev–Trinajstić information content (AvgIpc) is 2.43. The van der Waals surface area contributed by atoms with Gasteiger partial charge in [0.25, 0.3) is 0 Å². The lowest BCUT2D eigenvalue weighted by Gasteiger charge is -2.27. The Labute approximate surface area is 134 Å². The van der Waals surface area contributed by atoms with Crippen LogP contribution in [0, 0.1) is 5.92 Å². The summed E-state index contributed by atoms with van der Waals surface area (Å²) >= 11 is 0. The van der Waals surface area contributed by atoms with Crippen molar-refractivity contribution >= 4 is 6.09 Å². The van der Waals surface area contributed by atoms with E-state index in [0.29, 0.717) is 12.5 Å². The second kappa shape index (κ2) is 8.13. The Balaban J connectivity index is 2.36. The first-order valence-corrected chi connectivity index (χ1v) is 7.76. The number of pyridine rings is 1. The van der Waals surface area contributed by atoms with Crippen molar-refractivity contribution in [2.75, 3.05) is 20.1 Å². The Bertz CT molecular complexity index is 457. The fourth-order valence-corrected chi connectivity index (χ4v) is 2.09. The zero-order valence-corrected chi connectivity index (χ0v) is 14.6. The third-order valence-electron chi connectivity index (χ3n) is 3.27. The molecular weight excluding hydrogens is 278 g/mol. The van der Waals surface area contributed by atoms with Crippen LogP contribution in [0.2, 0.25) is 0 Å². The van der Waals surface area contributed by atoms with E-state index in [1.165, 1.54) is 5.56 Å². The van der Waals surface area contributed by atoms with Crippen LogP contribution in [0.3, 0.4) is 0 Å². The Kier molecular flexibility index (Phi) is 6.81. The monoisotopic (exact) mass is 307 g/mol. The van der Waals surface area contributed by atoms with Gasteiger partial charge in [-0.3, -0.25) is 4.98 Å². The molecule has 0 aromatic carbocycles. The molecule has 1 aromatic rings. The fraction of sp³-hybridized carbons (Fsp3) is 0.647. The fourth-order valence-electron chi connectivity index (χ4n) is 2.09. The van der Waals surface area contributed by atoms with Crippen LogP contribution >= 0.6 is 0 Å². The van der Waals surface area contributed by atoms with Crippen molar-refractivity contribution in [1.29, 1.82) is 0 Å². The van der Waals surface area contributed by atoms with E-state index < -0.39 is 5.60 Å². The van der Waals surface area contributed by atoms with Crippen molar-refractivity contribution in [2.45, 2.75) is 46.3 Å². The first-order chi connectivity index (χ1) is 10.2. The van der Waals surface area contributed by atoms with Gasteiger partial charge in [0.05, 0.1) is 0 Å². The number of ether oxygens (including phenoxy) is 1. The molecule has 1 aromatic heterocycles. The molecule has 0 bridgehead atoms. The smallest absolute Gasteiger partial charge is 0.410 e. The number of rotatable bonds is 6. The van der Waals surface area contributed by atoms with Crippen LogP contribution in [0.15, 0.2) is 24.5 Å². The van der Waals surface area contributed by atoms with Crippen molar-refractivity contribution in [1.82, 2.24) is 15.2 Å². The normalized spacial score (nSPS) is 14.3. The highest BCUT2D eigenvalue weighted by atomic mass is 16.6. The van der Waals surface area contributed by atoms with Crippen LogP contribution < -0.4 is 5.32 Å². The number of nitrogens with zero attached hydrogens (tertiary/aromatic N) is 2. The summed E-state index contributed by atoms with van der Waals surface area (Å²) in [6.07, 6.45) is 3.32. The van der Waals surface area contributed by atoms with Crippen molar-refractivity contribution in [3.63, 3.8) is 0 Å². The number of hydrogen-bond donors (Lipinski definition) is 1. The topological polar surface area (TPSA) is 54.5 Å². The summed E-state index contributed by atoms with van der Waals surface area (Å²) < 4.78 is 5.35. The zero-order chi connectivity index (χ0) is 16.8. The summed E-state index contributed by atoms with van der Waals surface area (Å²) in [5, 5.41) is 3.48. The van der Waals surface area contributed by atoms with Crippen molar-refractivity contribution in [3.05, 3.63) is 30.1 Å². The lowest BCUT2D eigenvalue weighted by Crippen LogP contribution is -2.38. The lowest BCUT2D eigenvalue weighted by molar-refractivity contribution is 0.0276. The molecule has 0 aliphatic rings. The first kappa shape index (κ1) is 18.4. The molecule has 1 amide bonds. The SMILES string of the molecule is CC(CNC(C)c1ccncc1)CN(C)C(=O)OC(C)(C)C. The first-order valence-electron chi connectivity index (χ1n) is 7.76. The van der Waals surface area contributed by atoms with Gasteiger partial charge >= 0.3 is 6.09 Å². The second-order valence-corrected chi connectivity index (χ2v) is 6.88. The number of carbonyl (C=O) groups is 1. The standard InChI is InChI=1S/C17H29N3O2/c1-13(12-20(6)16(21)22-17(3,4)5)11-19-14(2)15-7-9-18-10-8-15/h7-10,13-14,19H,11-12H2,1-6H3. The minimum Gasteiger partial charge on any atom is -0.444 e. The van der Waals surface area contributed by atoms with Gasteiger partial charge in [0.2, 0.25) is 0 Å².